The molecule has 0 bridgehead atoms. The molecule has 0 spiro atoms. The maximum atomic E-state index is 15.3. The van der Waals surface area contributed by atoms with Gasteiger partial charge in [-0.1, -0.05) is 37.3 Å². The number of alkyl halides is 4. The number of rotatable bonds is 5. The highest BCUT2D eigenvalue weighted by Gasteiger charge is 2.31. The van der Waals surface area contributed by atoms with Crippen LogP contribution in [0.25, 0.3) is 0 Å². The summed E-state index contributed by atoms with van der Waals surface area (Å²) in [5.74, 6) is -0.610. The van der Waals surface area contributed by atoms with Gasteiger partial charge in [0.15, 0.2) is 6.17 Å². The van der Waals surface area contributed by atoms with Gasteiger partial charge >= 0.3 is 6.18 Å². The number of imidazole rings is 1. The summed E-state index contributed by atoms with van der Waals surface area (Å²) in [6.45, 7) is 1.90. The Labute approximate surface area is 193 Å². The van der Waals surface area contributed by atoms with Crippen LogP contribution < -0.4 is 0 Å². The number of fused-ring (bicyclic) bond motifs is 1. The van der Waals surface area contributed by atoms with Gasteiger partial charge in [-0.15, -0.1) is 0 Å². The van der Waals surface area contributed by atoms with Crippen molar-refractivity contribution in [2.45, 2.75) is 37.4 Å². The van der Waals surface area contributed by atoms with Crippen LogP contribution in [-0.2, 0) is 29.0 Å². The van der Waals surface area contributed by atoms with E-state index in [4.69, 9.17) is 0 Å². The summed E-state index contributed by atoms with van der Waals surface area (Å²) in [5, 5.41) is -0.269. The van der Waals surface area contributed by atoms with Crippen molar-refractivity contribution in [3.63, 3.8) is 0 Å². The molecule has 0 saturated carbocycles. The smallest absolute Gasteiger partial charge is 0.335 e. The largest absolute Gasteiger partial charge is 0.416 e. The minimum absolute atomic E-state index is 0.0280. The van der Waals surface area contributed by atoms with Crippen molar-refractivity contribution in [1.29, 1.82) is 0 Å². The van der Waals surface area contributed by atoms with Crippen LogP contribution in [-0.4, -0.2) is 41.5 Å². The van der Waals surface area contributed by atoms with Gasteiger partial charge in [-0.05, 0) is 40.8 Å². The molecule has 1 atom stereocenters. The van der Waals surface area contributed by atoms with Crippen LogP contribution in [0.5, 0.6) is 0 Å². The van der Waals surface area contributed by atoms with E-state index in [0.29, 0.717) is 23.1 Å². The number of H-pyrrole nitrogens is 1. The molecular formula is C23H21F4N3O3S. The number of amides is 1. The molecule has 0 fully saturated rings. The summed E-state index contributed by atoms with van der Waals surface area (Å²) in [7, 11) is -3.58. The first-order valence-corrected chi connectivity index (χ1v) is 12.2. The van der Waals surface area contributed by atoms with Crippen LogP contribution in [0.15, 0.2) is 53.8 Å². The van der Waals surface area contributed by atoms with E-state index in [1.165, 1.54) is 18.0 Å². The van der Waals surface area contributed by atoms with Gasteiger partial charge in [-0.25, -0.2) is 17.8 Å². The highest BCUT2D eigenvalue weighted by molar-refractivity contribution is 7.91. The second-order valence-electron chi connectivity index (χ2n) is 7.94. The lowest BCUT2D eigenvalue weighted by atomic mass is 9.89. The highest BCUT2D eigenvalue weighted by Crippen LogP contribution is 2.35. The number of hydrogen-bond donors (Lipinski definition) is 1. The second-order valence-corrected chi connectivity index (χ2v) is 10.1. The molecule has 34 heavy (non-hydrogen) atoms. The molecule has 3 aromatic rings. The average Bonchev–Trinajstić information content (AvgIpc) is 3.33. The summed E-state index contributed by atoms with van der Waals surface area (Å²) in [6, 6.07) is 8.96. The number of sulfone groups is 1. The van der Waals surface area contributed by atoms with Gasteiger partial charge in [-0.3, -0.25) is 4.79 Å². The van der Waals surface area contributed by atoms with E-state index in [1.807, 2.05) is 0 Å². The maximum absolute atomic E-state index is 15.3. The van der Waals surface area contributed by atoms with Gasteiger partial charge in [-0.2, -0.15) is 13.2 Å². The number of nitrogens with zero attached hydrogens (tertiary/aromatic N) is 2. The fourth-order valence-electron chi connectivity index (χ4n) is 3.94. The Kier molecular flexibility index (Phi) is 6.24. The third-order valence-corrected chi connectivity index (χ3v) is 7.40. The molecule has 6 nitrogen and oxygen atoms in total. The van der Waals surface area contributed by atoms with E-state index in [2.05, 4.69) is 9.97 Å². The molecule has 0 aliphatic carbocycles. The Morgan fingerprint density at radius 2 is 1.88 bits per heavy atom. The number of aromatic nitrogens is 2. The highest BCUT2D eigenvalue weighted by atomic mass is 32.2. The predicted octanol–water partition coefficient (Wildman–Crippen LogP) is 4.48. The monoisotopic (exact) mass is 495 g/mol. The van der Waals surface area contributed by atoms with Gasteiger partial charge in [0.25, 0.3) is 5.91 Å². The Hall–Kier alpha value is -3.21. The summed E-state index contributed by atoms with van der Waals surface area (Å²) in [4.78, 5) is 20.8. The third kappa shape index (κ3) is 4.56. The van der Waals surface area contributed by atoms with Crippen LogP contribution in [0.1, 0.15) is 51.4 Å². The number of carbonyl (C=O) groups is 1. The molecule has 11 heteroatoms. The van der Waals surface area contributed by atoms with Crippen molar-refractivity contribution in [1.82, 2.24) is 14.9 Å². The fourth-order valence-corrected chi connectivity index (χ4v) is 4.69. The second kappa shape index (κ2) is 8.86. The number of carbonyl (C=O) groups excluding carboxylic acids is 1. The molecule has 2 heterocycles. The minimum atomic E-state index is -4.50. The normalized spacial score (nSPS) is 15.1. The Bertz CT molecular complexity index is 1320. The fraction of sp³-hybridized carbons (Fsp3) is 0.304. The Balaban J connectivity index is 1.55. The van der Waals surface area contributed by atoms with Crippen molar-refractivity contribution in [2.24, 2.45) is 0 Å². The molecule has 1 unspecified atom stereocenters. The van der Waals surface area contributed by atoms with Crippen molar-refractivity contribution in [3.05, 3.63) is 82.2 Å². The van der Waals surface area contributed by atoms with Crippen LogP contribution >= 0.6 is 0 Å². The molecular weight excluding hydrogens is 474 g/mol. The SMILES string of the molecule is CCS(=O)(=O)c1nc(C(=O)N2CCc3c(cccc3C(F)c3ccc(C(F)(F)F)cc3)C2)c[nH]1. The van der Waals surface area contributed by atoms with E-state index in [1.54, 1.807) is 18.2 Å². The molecule has 1 amide bonds. The molecule has 1 aliphatic heterocycles. The van der Waals surface area contributed by atoms with Gasteiger partial charge in [0.2, 0.25) is 15.0 Å². The van der Waals surface area contributed by atoms with Crippen LogP contribution in [0.4, 0.5) is 17.6 Å². The Morgan fingerprint density at radius 3 is 2.53 bits per heavy atom. The number of nitrogens with one attached hydrogen (secondary N) is 1. The van der Waals surface area contributed by atoms with Crippen LogP contribution in [0.3, 0.4) is 0 Å². The lowest BCUT2D eigenvalue weighted by Gasteiger charge is -2.30. The van der Waals surface area contributed by atoms with Crippen molar-refractivity contribution in [2.75, 3.05) is 12.3 Å². The van der Waals surface area contributed by atoms with E-state index >= 15 is 4.39 Å². The summed E-state index contributed by atoms with van der Waals surface area (Å²) in [5.41, 5.74) is 1.00. The lowest BCUT2D eigenvalue weighted by Crippen LogP contribution is -2.36. The Morgan fingerprint density at radius 1 is 1.18 bits per heavy atom. The third-order valence-electron chi connectivity index (χ3n) is 5.84. The topological polar surface area (TPSA) is 83.1 Å². The lowest BCUT2D eigenvalue weighted by molar-refractivity contribution is -0.137. The predicted molar refractivity (Wildman–Crippen MR) is 116 cm³/mol. The van der Waals surface area contributed by atoms with Crippen molar-refractivity contribution >= 4 is 15.7 Å². The van der Waals surface area contributed by atoms with E-state index in [9.17, 15) is 26.4 Å². The van der Waals surface area contributed by atoms with Gasteiger partial charge in [0, 0.05) is 19.3 Å². The van der Waals surface area contributed by atoms with Gasteiger partial charge in [0.05, 0.1) is 11.3 Å². The van der Waals surface area contributed by atoms with E-state index in [-0.39, 0.29) is 35.3 Å². The molecule has 4 rings (SSSR count). The van der Waals surface area contributed by atoms with Gasteiger partial charge < -0.3 is 9.88 Å². The zero-order chi connectivity index (χ0) is 24.7. The summed E-state index contributed by atoms with van der Waals surface area (Å²) >= 11 is 0. The van der Waals surface area contributed by atoms with Crippen LogP contribution in [0.2, 0.25) is 0 Å². The molecule has 1 aliphatic rings. The first-order valence-electron chi connectivity index (χ1n) is 10.5. The van der Waals surface area contributed by atoms with Crippen molar-refractivity contribution < 1.29 is 30.8 Å². The molecule has 1 N–H and O–H groups in total. The zero-order valence-electron chi connectivity index (χ0n) is 18.1. The minimum Gasteiger partial charge on any atom is -0.335 e. The average molecular weight is 495 g/mol. The quantitative estimate of drug-likeness (QED) is 0.529. The number of hydrogen-bond acceptors (Lipinski definition) is 4. The maximum Gasteiger partial charge on any atom is 0.416 e. The van der Waals surface area contributed by atoms with Crippen LogP contribution in [0, 0.1) is 0 Å². The zero-order valence-corrected chi connectivity index (χ0v) is 18.9. The molecule has 1 aromatic heterocycles. The standard InChI is InChI=1S/C23H21F4N3O3S/c1-2-34(32,33)22-28-12-19(29-22)21(31)30-11-10-17-15(13-30)4-3-5-18(17)20(24)14-6-8-16(9-7-14)23(25,26)27/h3-9,12,20H,2,10-11,13H2,1H3,(H,28,29). The molecule has 0 radical (unpaired) electrons. The van der Waals surface area contributed by atoms with E-state index in [0.717, 1.165) is 24.3 Å². The molecule has 2 aromatic carbocycles. The summed E-state index contributed by atoms with van der Waals surface area (Å²) in [6.07, 6.45) is -4.53. The molecule has 180 valence electrons. The van der Waals surface area contributed by atoms with Crippen molar-refractivity contribution in [3.8, 4) is 0 Å². The van der Waals surface area contributed by atoms with Gasteiger partial charge in [0.1, 0.15) is 5.69 Å². The first-order chi connectivity index (χ1) is 16.0. The number of benzene rings is 2. The first kappa shape index (κ1) is 23.9. The number of halogens is 4. The number of aromatic amines is 1. The molecule has 0 saturated heterocycles. The van der Waals surface area contributed by atoms with E-state index < -0.39 is 33.7 Å². The summed E-state index contributed by atoms with van der Waals surface area (Å²) < 4.78 is 77.7.